The summed E-state index contributed by atoms with van der Waals surface area (Å²) in [5, 5.41) is 3.22. The molecule has 0 aromatic carbocycles. The topological polar surface area (TPSA) is 38.0 Å². The Morgan fingerprint density at radius 1 is 1.00 bits per heavy atom. The Morgan fingerprint density at radius 2 is 1.50 bits per heavy atom. The zero-order chi connectivity index (χ0) is 7.23. The van der Waals surface area contributed by atoms with E-state index in [1.165, 1.54) is 45.2 Å². The van der Waals surface area contributed by atoms with Gasteiger partial charge in [-0.05, 0) is 38.8 Å². The predicted octanol–water partition coefficient (Wildman–Crippen LogP) is 0.867. The molecule has 0 bridgehead atoms. The molecular formula is C8H18N2. The molecule has 1 aliphatic heterocycles. The summed E-state index contributed by atoms with van der Waals surface area (Å²) in [5.74, 6) is 0. The molecule has 2 fully saturated rings. The minimum Gasteiger partial charge on any atom is -0.328 e. The first-order chi connectivity index (χ1) is 4.89. The summed E-state index contributed by atoms with van der Waals surface area (Å²) in [6.45, 7) is 2.50. The van der Waals surface area contributed by atoms with Gasteiger partial charge in [-0.25, -0.2) is 0 Å². The van der Waals surface area contributed by atoms with Crippen LogP contribution in [0.3, 0.4) is 0 Å². The molecule has 3 N–H and O–H groups in total. The maximum Gasteiger partial charge on any atom is 0.00388 e. The van der Waals surface area contributed by atoms with Gasteiger partial charge in [-0.2, -0.15) is 0 Å². The molecule has 0 aromatic rings. The van der Waals surface area contributed by atoms with Crippen molar-refractivity contribution in [3.8, 4) is 0 Å². The summed E-state index contributed by atoms with van der Waals surface area (Å²) >= 11 is 0. The van der Waals surface area contributed by atoms with Crippen LogP contribution in [-0.2, 0) is 0 Å². The summed E-state index contributed by atoms with van der Waals surface area (Å²) in [6, 6.07) is 0.565. The summed E-state index contributed by atoms with van der Waals surface area (Å²) < 4.78 is 0. The maximum absolute atomic E-state index is 5.38. The molecule has 0 amide bonds. The molecule has 10 heavy (non-hydrogen) atoms. The van der Waals surface area contributed by atoms with E-state index in [2.05, 4.69) is 5.32 Å². The second-order valence-corrected chi connectivity index (χ2v) is 3.15. The normalized spacial score (nSPS) is 24.9. The largest absolute Gasteiger partial charge is 0.328 e. The number of hydrogen-bond acceptors (Lipinski definition) is 2. The zero-order valence-corrected chi connectivity index (χ0v) is 6.60. The first-order valence-electron chi connectivity index (χ1n) is 4.36. The lowest BCUT2D eigenvalue weighted by molar-refractivity contribution is 0.418. The third-order valence-electron chi connectivity index (χ3n) is 2.11. The van der Waals surface area contributed by atoms with Crippen molar-refractivity contribution in [2.75, 3.05) is 13.1 Å². The van der Waals surface area contributed by atoms with Crippen LogP contribution in [0.5, 0.6) is 0 Å². The minimum absolute atomic E-state index is 0.565. The van der Waals surface area contributed by atoms with Crippen molar-refractivity contribution >= 4 is 0 Å². The molecule has 2 heteroatoms. The Labute approximate surface area is 63.2 Å². The SMILES string of the molecule is C1CCNC1.NC1CCC1. The van der Waals surface area contributed by atoms with Crippen molar-refractivity contribution in [3.63, 3.8) is 0 Å². The van der Waals surface area contributed by atoms with E-state index in [0.717, 1.165) is 0 Å². The van der Waals surface area contributed by atoms with E-state index in [-0.39, 0.29) is 0 Å². The molecule has 0 unspecified atom stereocenters. The average molecular weight is 142 g/mol. The second-order valence-electron chi connectivity index (χ2n) is 3.15. The molecular weight excluding hydrogens is 124 g/mol. The summed E-state index contributed by atoms with van der Waals surface area (Å²) in [7, 11) is 0. The monoisotopic (exact) mass is 142 g/mol. The fourth-order valence-corrected chi connectivity index (χ4v) is 1.06. The maximum atomic E-state index is 5.38. The fraction of sp³-hybridized carbons (Fsp3) is 1.00. The van der Waals surface area contributed by atoms with Crippen molar-refractivity contribution in [3.05, 3.63) is 0 Å². The first-order valence-corrected chi connectivity index (χ1v) is 4.36. The number of rotatable bonds is 0. The van der Waals surface area contributed by atoms with Gasteiger partial charge in [0.25, 0.3) is 0 Å². The van der Waals surface area contributed by atoms with Gasteiger partial charge in [0.2, 0.25) is 0 Å². The average Bonchev–Trinajstić information content (AvgIpc) is 2.38. The lowest BCUT2D eigenvalue weighted by Gasteiger charge is -2.18. The highest BCUT2D eigenvalue weighted by Crippen LogP contribution is 2.14. The van der Waals surface area contributed by atoms with Gasteiger partial charge in [0.05, 0.1) is 0 Å². The molecule has 0 atom stereocenters. The van der Waals surface area contributed by atoms with Crippen molar-refractivity contribution < 1.29 is 0 Å². The van der Waals surface area contributed by atoms with E-state index >= 15 is 0 Å². The highest BCUT2D eigenvalue weighted by atomic mass is 14.9. The fourth-order valence-electron chi connectivity index (χ4n) is 1.06. The quantitative estimate of drug-likeness (QED) is 0.526. The molecule has 60 valence electrons. The van der Waals surface area contributed by atoms with Gasteiger partial charge < -0.3 is 11.1 Å². The Morgan fingerprint density at radius 3 is 1.60 bits per heavy atom. The van der Waals surface area contributed by atoms with Crippen molar-refractivity contribution in [2.45, 2.75) is 38.1 Å². The van der Waals surface area contributed by atoms with Gasteiger partial charge in [-0.1, -0.05) is 6.42 Å². The first kappa shape index (κ1) is 8.02. The van der Waals surface area contributed by atoms with Gasteiger partial charge >= 0.3 is 0 Å². The van der Waals surface area contributed by atoms with Crippen LogP contribution in [-0.4, -0.2) is 19.1 Å². The molecule has 1 aliphatic carbocycles. The Balaban J connectivity index is 0.0000001000. The molecule has 2 nitrogen and oxygen atoms in total. The highest BCUT2D eigenvalue weighted by molar-refractivity contribution is 4.70. The number of nitrogens with two attached hydrogens (primary N) is 1. The molecule has 1 saturated carbocycles. The van der Waals surface area contributed by atoms with E-state index in [9.17, 15) is 0 Å². The number of nitrogens with one attached hydrogen (secondary N) is 1. The van der Waals surface area contributed by atoms with Gasteiger partial charge in [0.1, 0.15) is 0 Å². The van der Waals surface area contributed by atoms with Gasteiger partial charge in [0, 0.05) is 6.04 Å². The second kappa shape index (κ2) is 4.69. The highest BCUT2D eigenvalue weighted by Gasteiger charge is 2.09. The van der Waals surface area contributed by atoms with E-state index in [1.54, 1.807) is 0 Å². The molecule has 2 aliphatic rings. The van der Waals surface area contributed by atoms with E-state index in [4.69, 9.17) is 5.73 Å². The van der Waals surface area contributed by atoms with Crippen LogP contribution < -0.4 is 11.1 Å². The molecule has 0 aromatic heterocycles. The van der Waals surface area contributed by atoms with Gasteiger partial charge in [0.15, 0.2) is 0 Å². The summed E-state index contributed by atoms with van der Waals surface area (Å²) in [5.41, 5.74) is 5.38. The van der Waals surface area contributed by atoms with Crippen LogP contribution in [0.15, 0.2) is 0 Å². The van der Waals surface area contributed by atoms with Crippen LogP contribution in [0.4, 0.5) is 0 Å². The predicted molar refractivity (Wildman–Crippen MR) is 43.9 cm³/mol. The third kappa shape index (κ3) is 3.18. The Hall–Kier alpha value is -0.0800. The summed E-state index contributed by atoms with van der Waals surface area (Å²) in [4.78, 5) is 0. The van der Waals surface area contributed by atoms with Crippen molar-refractivity contribution in [1.29, 1.82) is 0 Å². The molecule has 1 heterocycles. The smallest absolute Gasteiger partial charge is 0.00388 e. The van der Waals surface area contributed by atoms with Gasteiger partial charge in [-0.3, -0.25) is 0 Å². The van der Waals surface area contributed by atoms with Crippen molar-refractivity contribution in [1.82, 2.24) is 5.32 Å². The van der Waals surface area contributed by atoms with Crippen LogP contribution >= 0.6 is 0 Å². The Bertz CT molecular complexity index is 67.7. The lowest BCUT2D eigenvalue weighted by Crippen LogP contribution is -2.27. The standard InChI is InChI=1S/2C4H9N/c1-2-4-5-3-1;5-4-2-1-3-4/h5H,1-4H2;4H,1-3,5H2. The number of hydrogen-bond donors (Lipinski definition) is 2. The van der Waals surface area contributed by atoms with Crippen molar-refractivity contribution in [2.24, 2.45) is 5.73 Å². The molecule has 2 rings (SSSR count). The molecule has 0 radical (unpaired) electrons. The van der Waals surface area contributed by atoms with E-state index < -0.39 is 0 Å². The minimum atomic E-state index is 0.565. The molecule has 1 saturated heterocycles. The Kier molecular flexibility index (Phi) is 3.76. The van der Waals surface area contributed by atoms with Crippen LogP contribution in [0.25, 0.3) is 0 Å². The summed E-state index contributed by atoms with van der Waals surface area (Å²) in [6.07, 6.45) is 6.67. The molecule has 0 spiro atoms. The zero-order valence-electron chi connectivity index (χ0n) is 6.60. The van der Waals surface area contributed by atoms with Crippen LogP contribution in [0, 0.1) is 0 Å². The van der Waals surface area contributed by atoms with Crippen LogP contribution in [0.2, 0.25) is 0 Å². The van der Waals surface area contributed by atoms with Crippen LogP contribution in [0.1, 0.15) is 32.1 Å². The third-order valence-corrected chi connectivity index (χ3v) is 2.11. The lowest BCUT2D eigenvalue weighted by atomic mass is 9.95. The van der Waals surface area contributed by atoms with Gasteiger partial charge in [-0.15, -0.1) is 0 Å². The van der Waals surface area contributed by atoms with E-state index in [0.29, 0.717) is 6.04 Å². The van der Waals surface area contributed by atoms with E-state index in [1.807, 2.05) is 0 Å².